The molecule has 0 spiro atoms. The molecule has 2 aromatic rings. The molecule has 0 unspecified atom stereocenters. The van der Waals surface area contributed by atoms with E-state index in [0.29, 0.717) is 17.2 Å². The second-order valence-corrected chi connectivity index (χ2v) is 4.04. The maximum Gasteiger partial charge on any atom is 0.146 e. The SMILES string of the molecule is Cc1ccc(F)c(Nc2ncc(N)cc2C)c1. The lowest BCUT2D eigenvalue weighted by molar-refractivity contribution is 0.631. The molecule has 1 heterocycles. The van der Waals surface area contributed by atoms with Gasteiger partial charge in [0.2, 0.25) is 0 Å². The molecular weight excluding hydrogens is 217 g/mol. The van der Waals surface area contributed by atoms with E-state index in [-0.39, 0.29) is 5.82 Å². The summed E-state index contributed by atoms with van der Waals surface area (Å²) < 4.78 is 13.6. The average molecular weight is 231 g/mol. The highest BCUT2D eigenvalue weighted by atomic mass is 19.1. The summed E-state index contributed by atoms with van der Waals surface area (Å²) >= 11 is 0. The number of aryl methyl sites for hydroxylation is 2. The Hall–Kier alpha value is -2.10. The van der Waals surface area contributed by atoms with E-state index in [0.717, 1.165) is 11.1 Å². The van der Waals surface area contributed by atoms with Crippen LogP contribution in [-0.2, 0) is 0 Å². The first-order valence-corrected chi connectivity index (χ1v) is 5.31. The largest absolute Gasteiger partial charge is 0.397 e. The van der Waals surface area contributed by atoms with Crippen molar-refractivity contribution in [1.29, 1.82) is 0 Å². The third-order valence-corrected chi connectivity index (χ3v) is 2.47. The van der Waals surface area contributed by atoms with Crippen LogP contribution in [-0.4, -0.2) is 4.98 Å². The number of nitrogens with two attached hydrogens (primary N) is 1. The van der Waals surface area contributed by atoms with Crippen molar-refractivity contribution in [3.63, 3.8) is 0 Å². The van der Waals surface area contributed by atoms with Gasteiger partial charge in [-0.1, -0.05) is 6.07 Å². The van der Waals surface area contributed by atoms with E-state index in [1.165, 1.54) is 6.07 Å². The van der Waals surface area contributed by atoms with E-state index >= 15 is 0 Å². The van der Waals surface area contributed by atoms with Gasteiger partial charge >= 0.3 is 0 Å². The van der Waals surface area contributed by atoms with Crippen LogP contribution >= 0.6 is 0 Å². The zero-order valence-corrected chi connectivity index (χ0v) is 9.79. The molecule has 0 fully saturated rings. The van der Waals surface area contributed by atoms with Gasteiger partial charge in [-0.05, 0) is 43.2 Å². The first-order valence-electron chi connectivity index (χ1n) is 5.31. The molecule has 2 rings (SSSR count). The fraction of sp³-hybridized carbons (Fsp3) is 0.154. The summed E-state index contributed by atoms with van der Waals surface area (Å²) in [7, 11) is 0. The van der Waals surface area contributed by atoms with Crippen molar-refractivity contribution in [3.05, 3.63) is 47.4 Å². The number of nitrogens with zero attached hydrogens (tertiary/aromatic N) is 1. The third-order valence-electron chi connectivity index (χ3n) is 2.47. The Morgan fingerprint density at radius 1 is 1.24 bits per heavy atom. The molecule has 0 aliphatic heterocycles. The zero-order valence-electron chi connectivity index (χ0n) is 9.79. The van der Waals surface area contributed by atoms with Crippen LogP contribution in [0.2, 0.25) is 0 Å². The molecule has 1 aromatic heterocycles. The summed E-state index contributed by atoms with van der Waals surface area (Å²) in [5.74, 6) is 0.317. The van der Waals surface area contributed by atoms with Gasteiger partial charge in [0, 0.05) is 0 Å². The quantitative estimate of drug-likeness (QED) is 0.834. The van der Waals surface area contributed by atoms with Crippen LogP contribution in [0, 0.1) is 19.7 Å². The second kappa shape index (κ2) is 4.41. The predicted octanol–water partition coefficient (Wildman–Crippen LogP) is 3.16. The monoisotopic (exact) mass is 231 g/mol. The Morgan fingerprint density at radius 3 is 2.71 bits per heavy atom. The Labute approximate surface area is 99.5 Å². The van der Waals surface area contributed by atoms with Gasteiger partial charge in [-0.15, -0.1) is 0 Å². The first kappa shape index (κ1) is 11.4. The van der Waals surface area contributed by atoms with Gasteiger partial charge in [-0.2, -0.15) is 0 Å². The summed E-state index contributed by atoms with van der Waals surface area (Å²) in [5.41, 5.74) is 8.50. The van der Waals surface area contributed by atoms with Crippen LogP contribution < -0.4 is 11.1 Å². The van der Waals surface area contributed by atoms with Gasteiger partial charge < -0.3 is 11.1 Å². The first-order chi connectivity index (χ1) is 8.06. The predicted molar refractivity (Wildman–Crippen MR) is 67.8 cm³/mol. The van der Waals surface area contributed by atoms with Crippen molar-refractivity contribution >= 4 is 17.2 Å². The molecule has 4 heteroatoms. The summed E-state index contributed by atoms with van der Waals surface area (Å²) in [6.07, 6.45) is 1.54. The minimum absolute atomic E-state index is 0.298. The van der Waals surface area contributed by atoms with E-state index in [4.69, 9.17) is 5.73 Å². The third kappa shape index (κ3) is 2.53. The van der Waals surface area contributed by atoms with E-state index in [1.807, 2.05) is 13.8 Å². The number of benzene rings is 1. The molecule has 1 aromatic carbocycles. The summed E-state index contributed by atoms with van der Waals surface area (Å²) in [6.45, 7) is 3.79. The lowest BCUT2D eigenvalue weighted by Crippen LogP contribution is -2.00. The van der Waals surface area contributed by atoms with Crippen LogP contribution in [0.3, 0.4) is 0 Å². The molecule has 0 saturated carbocycles. The van der Waals surface area contributed by atoms with Crippen LogP contribution in [0.1, 0.15) is 11.1 Å². The number of hydrogen-bond acceptors (Lipinski definition) is 3. The molecule has 17 heavy (non-hydrogen) atoms. The number of hydrogen-bond donors (Lipinski definition) is 2. The molecule has 3 nitrogen and oxygen atoms in total. The number of rotatable bonds is 2. The van der Waals surface area contributed by atoms with Crippen molar-refractivity contribution in [2.24, 2.45) is 0 Å². The normalized spacial score (nSPS) is 10.3. The lowest BCUT2D eigenvalue weighted by Gasteiger charge is -2.10. The average Bonchev–Trinajstić information content (AvgIpc) is 2.27. The van der Waals surface area contributed by atoms with E-state index in [1.54, 1.807) is 24.4 Å². The molecule has 0 amide bonds. The molecule has 0 bridgehead atoms. The molecule has 0 atom stereocenters. The minimum atomic E-state index is -0.298. The minimum Gasteiger partial charge on any atom is -0.397 e. The standard InChI is InChI=1S/C13H14FN3/c1-8-3-4-11(14)12(5-8)17-13-9(2)6-10(15)7-16-13/h3-7H,15H2,1-2H3,(H,16,17). The Balaban J connectivity index is 2.34. The Bertz CT molecular complexity index is 552. The van der Waals surface area contributed by atoms with Crippen LogP contribution in [0.15, 0.2) is 30.5 Å². The topological polar surface area (TPSA) is 50.9 Å². The number of nitrogens with one attached hydrogen (secondary N) is 1. The molecule has 0 saturated heterocycles. The molecule has 88 valence electrons. The van der Waals surface area contributed by atoms with Gasteiger partial charge in [-0.25, -0.2) is 9.37 Å². The molecule has 0 aliphatic rings. The van der Waals surface area contributed by atoms with Crippen molar-refractivity contribution < 1.29 is 4.39 Å². The highest BCUT2D eigenvalue weighted by Gasteiger charge is 2.05. The molecule has 0 aliphatic carbocycles. The van der Waals surface area contributed by atoms with Crippen LogP contribution in [0.25, 0.3) is 0 Å². The maximum atomic E-state index is 13.6. The van der Waals surface area contributed by atoms with Gasteiger partial charge in [0.15, 0.2) is 0 Å². The van der Waals surface area contributed by atoms with Gasteiger partial charge in [0.1, 0.15) is 11.6 Å². The van der Waals surface area contributed by atoms with Gasteiger partial charge in [-0.3, -0.25) is 0 Å². The smallest absolute Gasteiger partial charge is 0.146 e. The number of halogens is 1. The van der Waals surface area contributed by atoms with Crippen molar-refractivity contribution in [3.8, 4) is 0 Å². The van der Waals surface area contributed by atoms with Crippen molar-refractivity contribution in [2.45, 2.75) is 13.8 Å². The lowest BCUT2D eigenvalue weighted by atomic mass is 10.2. The molecule has 0 radical (unpaired) electrons. The number of nitrogen functional groups attached to an aromatic ring is 1. The summed E-state index contributed by atoms with van der Waals surface area (Å²) in [5, 5.41) is 2.97. The zero-order chi connectivity index (χ0) is 12.4. The number of pyridine rings is 1. The van der Waals surface area contributed by atoms with Crippen molar-refractivity contribution in [2.75, 3.05) is 11.1 Å². The van der Waals surface area contributed by atoms with E-state index in [2.05, 4.69) is 10.3 Å². The van der Waals surface area contributed by atoms with Crippen molar-refractivity contribution in [1.82, 2.24) is 4.98 Å². The highest BCUT2D eigenvalue weighted by Crippen LogP contribution is 2.22. The fourth-order valence-corrected chi connectivity index (χ4v) is 1.59. The summed E-state index contributed by atoms with van der Waals surface area (Å²) in [6, 6.07) is 6.70. The number of anilines is 3. The maximum absolute atomic E-state index is 13.6. The second-order valence-electron chi connectivity index (χ2n) is 4.04. The Morgan fingerprint density at radius 2 is 2.00 bits per heavy atom. The fourth-order valence-electron chi connectivity index (χ4n) is 1.59. The Kier molecular flexibility index (Phi) is 2.95. The van der Waals surface area contributed by atoms with Crippen LogP contribution in [0.4, 0.5) is 21.6 Å². The summed E-state index contributed by atoms with van der Waals surface area (Å²) in [4.78, 5) is 4.14. The highest BCUT2D eigenvalue weighted by molar-refractivity contribution is 5.62. The van der Waals surface area contributed by atoms with Crippen LogP contribution in [0.5, 0.6) is 0 Å². The van der Waals surface area contributed by atoms with E-state index < -0.39 is 0 Å². The number of aromatic nitrogens is 1. The van der Waals surface area contributed by atoms with Gasteiger partial charge in [0.25, 0.3) is 0 Å². The van der Waals surface area contributed by atoms with E-state index in [9.17, 15) is 4.39 Å². The molecular formula is C13H14FN3. The molecule has 3 N–H and O–H groups in total. The van der Waals surface area contributed by atoms with Gasteiger partial charge in [0.05, 0.1) is 17.6 Å².